The van der Waals surface area contributed by atoms with Gasteiger partial charge in [-0.05, 0) is 25.1 Å². The second-order valence-corrected chi connectivity index (χ2v) is 3.00. The van der Waals surface area contributed by atoms with Crippen molar-refractivity contribution in [2.24, 2.45) is 0 Å². The van der Waals surface area contributed by atoms with Gasteiger partial charge in [0.1, 0.15) is 5.75 Å². The number of anilines is 1. The number of hydrogen-bond acceptors (Lipinski definition) is 5. The standard InChI is InChI=1S/C11H15NO4/c1-3-15-7-16-10-6-8(11(13)14-2)4-5-9(10)12/h4-6H,3,7,12H2,1-2H3. The van der Waals surface area contributed by atoms with Crippen LogP contribution in [0, 0.1) is 0 Å². The molecule has 0 aliphatic rings. The second-order valence-electron chi connectivity index (χ2n) is 3.00. The van der Waals surface area contributed by atoms with Gasteiger partial charge in [-0.1, -0.05) is 0 Å². The van der Waals surface area contributed by atoms with Gasteiger partial charge >= 0.3 is 5.97 Å². The lowest BCUT2D eigenvalue weighted by atomic mass is 10.2. The fourth-order valence-electron chi connectivity index (χ4n) is 1.09. The molecule has 0 heterocycles. The molecule has 1 aromatic carbocycles. The summed E-state index contributed by atoms with van der Waals surface area (Å²) >= 11 is 0. The van der Waals surface area contributed by atoms with E-state index in [1.807, 2.05) is 6.92 Å². The molecule has 0 radical (unpaired) electrons. The molecule has 0 saturated heterocycles. The molecule has 1 rings (SSSR count). The summed E-state index contributed by atoms with van der Waals surface area (Å²) < 4.78 is 14.9. The monoisotopic (exact) mass is 225 g/mol. The summed E-state index contributed by atoms with van der Waals surface area (Å²) in [6.45, 7) is 2.51. The average Bonchev–Trinajstić information content (AvgIpc) is 2.31. The van der Waals surface area contributed by atoms with Gasteiger partial charge in [0.2, 0.25) is 0 Å². The Labute approximate surface area is 94.1 Å². The maximum atomic E-state index is 11.3. The molecule has 0 bridgehead atoms. The number of ether oxygens (including phenoxy) is 3. The zero-order valence-electron chi connectivity index (χ0n) is 9.36. The van der Waals surface area contributed by atoms with Gasteiger partial charge in [0.25, 0.3) is 0 Å². The van der Waals surface area contributed by atoms with Crippen molar-refractivity contribution in [3.63, 3.8) is 0 Å². The molecular weight excluding hydrogens is 210 g/mol. The summed E-state index contributed by atoms with van der Waals surface area (Å²) in [7, 11) is 1.32. The molecule has 0 atom stereocenters. The van der Waals surface area contributed by atoms with Gasteiger partial charge in [0, 0.05) is 6.61 Å². The van der Waals surface area contributed by atoms with Crippen molar-refractivity contribution < 1.29 is 19.0 Å². The van der Waals surface area contributed by atoms with Crippen molar-refractivity contribution in [2.75, 3.05) is 26.2 Å². The van der Waals surface area contributed by atoms with Crippen LogP contribution in [0.4, 0.5) is 5.69 Å². The molecule has 16 heavy (non-hydrogen) atoms. The van der Waals surface area contributed by atoms with E-state index in [1.165, 1.54) is 13.2 Å². The van der Waals surface area contributed by atoms with E-state index in [2.05, 4.69) is 4.74 Å². The maximum absolute atomic E-state index is 11.3. The fraction of sp³-hybridized carbons (Fsp3) is 0.364. The lowest BCUT2D eigenvalue weighted by molar-refractivity contribution is 0.0227. The first-order valence-electron chi connectivity index (χ1n) is 4.87. The van der Waals surface area contributed by atoms with Crippen molar-refractivity contribution in [1.29, 1.82) is 0 Å². The molecule has 0 spiro atoms. The van der Waals surface area contributed by atoms with E-state index in [9.17, 15) is 4.79 Å². The molecule has 0 fully saturated rings. The Morgan fingerprint density at radius 3 is 2.81 bits per heavy atom. The minimum absolute atomic E-state index is 0.103. The molecule has 0 amide bonds. The largest absolute Gasteiger partial charge is 0.465 e. The smallest absolute Gasteiger partial charge is 0.337 e. The van der Waals surface area contributed by atoms with Crippen LogP contribution in [0.25, 0.3) is 0 Å². The van der Waals surface area contributed by atoms with E-state index in [4.69, 9.17) is 15.2 Å². The molecule has 0 saturated carbocycles. The normalized spacial score (nSPS) is 9.88. The molecule has 5 heteroatoms. The predicted molar refractivity (Wildman–Crippen MR) is 59.3 cm³/mol. The third-order valence-corrected chi connectivity index (χ3v) is 1.94. The predicted octanol–water partition coefficient (Wildman–Crippen LogP) is 1.43. The van der Waals surface area contributed by atoms with E-state index < -0.39 is 5.97 Å². The Balaban J connectivity index is 2.78. The molecule has 1 aromatic rings. The number of nitrogen functional groups attached to an aromatic ring is 1. The average molecular weight is 225 g/mol. The lowest BCUT2D eigenvalue weighted by Crippen LogP contribution is -2.06. The van der Waals surface area contributed by atoms with Gasteiger partial charge in [-0.15, -0.1) is 0 Å². The zero-order chi connectivity index (χ0) is 12.0. The number of methoxy groups -OCH3 is 1. The molecular formula is C11H15NO4. The van der Waals surface area contributed by atoms with Crippen LogP contribution in [-0.4, -0.2) is 26.5 Å². The van der Waals surface area contributed by atoms with Crippen LogP contribution in [0.15, 0.2) is 18.2 Å². The van der Waals surface area contributed by atoms with E-state index in [-0.39, 0.29) is 6.79 Å². The summed E-state index contributed by atoms with van der Waals surface area (Å²) in [5.74, 6) is -0.0161. The van der Waals surface area contributed by atoms with Crippen LogP contribution >= 0.6 is 0 Å². The van der Waals surface area contributed by atoms with Gasteiger partial charge in [-0.2, -0.15) is 0 Å². The highest BCUT2D eigenvalue weighted by Gasteiger charge is 2.09. The quantitative estimate of drug-likeness (QED) is 0.355. The molecule has 0 unspecified atom stereocenters. The fourth-order valence-corrected chi connectivity index (χ4v) is 1.09. The van der Waals surface area contributed by atoms with E-state index >= 15 is 0 Å². The number of nitrogens with two attached hydrogens (primary N) is 1. The van der Waals surface area contributed by atoms with Crippen LogP contribution < -0.4 is 10.5 Å². The number of hydrogen-bond donors (Lipinski definition) is 1. The topological polar surface area (TPSA) is 70.8 Å². The Morgan fingerprint density at radius 1 is 1.44 bits per heavy atom. The number of rotatable bonds is 5. The molecule has 0 aliphatic carbocycles. The third-order valence-electron chi connectivity index (χ3n) is 1.94. The van der Waals surface area contributed by atoms with Crippen LogP contribution in [0.3, 0.4) is 0 Å². The van der Waals surface area contributed by atoms with Crippen molar-refractivity contribution in [2.45, 2.75) is 6.92 Å². The van der Waals surface area contributed by atoms with Gasteiger partial charge < -0.3 is 19.9 Å². The van der Waals surface area contributed by atoms with Gasteiger partial charge in [0.15, 0.2) is 6.79 Å². The summed E-state index contributed by atoms with van der Waals surface area (Å²) in [5, 5.41) is 0. The lowest BCUT2D eigenvalue weighted by Gasteiger charge is -2.09. The minimum atomic E-state index is -0.429. The highest BCUT2D eigenvalue weighted by Crippen LogP contribution is 2.23. The maximum Gasteiger partial charge on any atom is 0.337 e. The van der Waals surface area contributed by atoms with Gasteiger partial charge in [-0.25, -0.2) is 4.79 Å². The van der Waals surface area contributed by atoms with E-state index in [1.54, 1.807) is 12.1 Å². The Morgan fingerprint density at radius 2 is 2.19 bits per heavy atom. The first-order chi connectivity index (χ1) is 7.69. The second kappa shape index (κ2) is 5.97. The Hall–Kier alpha value is -1.75. The number of benzene rings is 1. The minimum Gasteiger partial charge on any atom is -0.465 e. The van der Waals surface area contributed by atoms with E-state index in [0.717, 1.165) is 0 Å². The van der Waals surface area contributed by atoms with Crippen LogP contribution in [-0.2, 0) is 9.47 Å². The van der Waals surface area contributed by atoms with Crippen LogP contribution in [0.2, 0.25) is 0 Å². The van der Waals surface area contributed by atoms with Crippen LogP contribution in [0.5, 0.6) is 5.75 Å². The number of esters is 1. The van der Waals surface area contributed by atoms with Crippen molar-refractivity contribution in [3.05, 3.63) is 23.8 Å². The third kappa shape index (κ3) is 3.13. The highest BCUT2D eigenvalue weighted by atomic mass is 16.7. The first-order valence-corrected chi connectivity index (χ1v) is 4.87. The summed E-state index contributed by atoms with van der Waals surface area (Å²) in [4.78, 5) is 11.3. The van der Waals surface area contributed by atoms with Gasteiger partial charge in [0.05, 0.1) is 18.4 Å². The Kier molecular flexibility index (Phi) is 4.60. The number of carbonyl (C=O) groups excluding carboxylic acids is 1. The van der Waals surface area contributed by atoms with Crippen molar-refractivity contribution in [1.82, 2.24) is 0 Å². The van der Waals surface area contributed by atoms with Crippen LogP contribution in [0.1, 0.15) is 17.3 Å². The van der Waals surface area contributed by atoms with Crippen molar-refractivity contribution >= 4 is 11.7 Å². The highest BCUT2D eigenvalue weighted by molar-refractivity contribution is 5.90. The molecule has 88 valence electrons. The Bertz CT molecular complexity index is 365. The zero-order valence-corrected chi connectivity index (χ0v) is 9.36. The summed E-state index contributed by atoms with van der Waals surface area (Å²) in [5.41, 5.74) is 6.52. The SMILES string of the molecule is CCOCOc1cc(C(=O)OC)ccc1N. The van der Waals surface area contributed by atoms with Crippen molar-refractivity contribution in [3.8, 4) is 5.75 Å². The first kappa shape index (κ1) is 12.3. The molecule has 0 aliphatic heterocycles. The number of carbonyl (C=O) groups is 1. The summed E-state index contributed by atoms with van der Waals surface area (Å²) in [6.07, 6.45) is 0. The molecule has 0 aromatic heterocycles. The molecule has 2 N–H and O–H groups in total. The van der Waals surface area contributed by atoms with Gasteiger partial charge in [-0.3, -0.25) is 0 Å². The molecule has 5 nitrogen and oxygen atoms in total. The van der Waals surface area contributed by atoms with E-state index in [0.29, 0.717) is 23.6 Å². The summed E-state index contributed by atoms with van der Waals surface area (Å²) in [6, 6.07) is 4.70.